The molecule has 0 spiro atoms. The summed E-state index contributed by atoms with van der Waals surface area (Å²) >= 11 is 6.01. The van der Waals surface area contributed by atoms with Crippen LogP contribution in [0.5, 0.6) is 5.75 Å². The first-order valence-electron chi connectivity index (χ1n) is 6.51. The highest BCUT2D eigenvalue weighted by molar-refractivity contribution is 6.30. The van der Waals surface area contributed by atoms with Crippen LogP contribution in [0.4, 0.5) is 5.69 Å². The Hall–Kier alpha value is -1.93. The third-order valence-electron chi connectivity index (χ3n) is 2.95. The largest absolute Gasteiger partial charge is 0.490 e. The number of nitrogens with one attached hydrogen (secondary N) is 1. The smallest absolute Gasteiger partial charge is 0.120 e. The molecule has 2 aromatic carbocycles. The molecule has 0 saturated carbocycles. The first-order chi connectivity index (χ1) is 9.69. The molecule has 0 aliphatic carbocycles. The van der Waals surface area contributed by atoms with Crippen molar-refractivity contribution >= 4 is 17.3 Å². The molecule has 20 heavy (non-hydrogen) atoms. The lowest BCUT2D eigenvalue weighted by Crippen LogP contribution is -2.01. The van der Waals surface area contributed by atoms with Gasteiger partial charge in [-0.2, -0.15) is 0 Å². The lowest BCUT2D eigenvalue weighted by Gasteiger charge is -2.11. The van der Waals surface area contributed by atoms with Crippen LogP contribution in [0.25, 0.3) is 0 Å². The van der Waals surface area contributed by atoms with Crippen molar-refractivity contribution < 1.29 is 4.74 Å². The molecule has 0 saturated heterocycles. The molecule has 0 heterocycles. The molecule has 0 atom stereocenters. The number of aryl methyl sites for hydroxylation is 1. The Morgan fingerprint density at radius 1 is 1.25 bits per heavy atom. The lowest BCUT2D eigenvalue weighted by atomic mass is 10.1. The summed E-state index contributed by atoms with van der Waals surface area (Å²) in [4.78, 5) is 0. The van der Waals surface area contributed by atoms with Crippen LogP contribution in [0.3, 0.4) is 0 Å². The van der Waals surface area contributed by atoms with Crippen molar-refractivity contribution in [2.75, 3.05) is 11.9 Å². The maximum Gasteiger partial charge on any atom is 0.120 e. The zero-order valence-corrected chi connectivity index (χ0v) is 12.3. The van der Waals surface area contributed by atoms with Gasteiger partial charge in [0.25, 0.3) is 0 Å². The molecule has 0 amide bonds. The van der Waals surface area contributed by atoms with Crippen molar-refractivity contribution in [3.05, 3.63) is 71.3 Å². The topological polar surface area (TPSA) is 21.3 Å². The fraction of sp³-hybridized carbons (Fsp3) is 0.176. The second-order valence-electron chi connectivity index (χ2n) is 4.56. The van der Waals surface area contributed by atoms with Crippen molar-refractivity contribution in [1.29, 1.82) is 0 Å². The van der Waals surface area contributed by atoms with Gasteiger partial charge in [0.1, 0.15) is 12.4 Å². The molecule has 104 valence electrons. The maximum atomic E-state index is 6.01. The average molecular weight is 288 g/mol. The van der Waals surface area contributed by atoms with Gasteiger partial charge in [0.2, 0.25) is 0 Å². The molecular weight excluding hydrogens is 270 g/mol. The summed E-state index contributed by atoms with van der Waals surface area (Å²) in [5.74, 6) is 0.854. The summed E-state index contributed by atoms with van der Waals surface area (Å²) in [6.45, 7) is 6.95. The molecule has 0 bridgehead atoms. The molecule has 0 fully saturated rings. The van der Waals surface area contributed by atoms with Crippen LogP contribution in [0, 0.1) is 6.92 Å². The monoisotopic (exact) mass is 287 g/mol. The highest BCUT2D eigenvalue weighted by Gasteiger charge is 2.01. The molecule has 3 heteroatoms. The Labute approximate surface area is 125 Å². The average Bonchev–Trinajstić information content (AvgIpc) is 2.46. The molecule has 0 unspecified atom stereocenters. The molecule has 0 radical (unpaired) electrons. The molecule has 2 aromatic rings. The van der Waals surface area contributed by atoms with Gasteiger partial charge in [0.15, 0.2) is 0 Å². The molecule has 2 rings (SSSR count). The van der Waals surface area contributed by atoms with Crippen molar-refractivity contribution in [2.45, 2.75) is 13.5 Å². The minimum Gasteiger partial charge on any atom is -0.490 e. The Kier molecular flexibility index (Phi) is 5.08. The van der Waals surface area contributed by atoms with E-state index in [0.717, 1.165) is 28.6 Å². The van der Waals surface area contributed by atoms with E-state index >= 15 is 0 Å². The van der Waals surface area contributed by atoms with Gasteiger partial charge in [0, 0.05) is 17.3 Å². The van der Waals surface area contributed by atoms with Crippen molar-refractivity contribution in [2.24, 2.45) is 0 Å². The fourth-order valence-electron chi connectivity index (χ4n) is 1.88. The van der Waals surface area contributed by atoms with E-state index in [4.69, 9.17) is 16.3 Å². The van der Waals surface area contributed by atoms with Crippen molar-refractivity contribution in [3.8, 4) is 5.75 Å². The van der Waals surface area contributed by atoms with Crippen LogP contribution in [0.1, 0.15) is 11.1 Å². The van der Waals surface area contributed by atoms with Gasteiger partial charge in [0.05, 0.1) is 0 Å². The number of hydrogen-bond donors (Lipinski definition) is 1. The van der Waals surface area contributed by atoms with Crippen LogP contribution in [0.15, 0.2) is 55.1 Å². The van der Waals surface area contributed by atoms with E-state index < -0.39 is 0 Å². The van der Waals surface area contributed by atoms with Gasteiger partial charge >= 0.3 is 0 Å². The van der Waals surface area contributed by atoms with Gasteiger partial charge in [-0.15, -0.1) is 0 Å². The number of rotatable bonds is 6. The fourth-order valence-corrected chi connectivity index (χ4v) is 2.05. The zero-order chi connectivity index (χ0) is 14.4. The first kappa shape index (κ1) is 14.5. The molecule has 2 nitrogen and oxygen atoms in total. The summed E-state index contributed by atoms with van der Waals surface area (Å²) in [5, 5.41) is 4.13. The number of anilines is 1. The normalized spacial score (nSPS) is 10.1. The van der Waals surface area contributed by atoms with Gasteiger partial charge in [-0.1, -0.05) is 42.5 Å². The number of ether oxygens (including phenoxy) is 1. The van der Waals surface area contributed by atoms with E-state index in [2.05, 4.69) is 24.9 Å². The van der Waals surface area contributed by atoms with Crippen LogP contribution >= 0.6 is 11.6 Å². The predicted molar refractivity (Wildman–Crippen MR) is 85.6 cm³/mol. The third-order valence-corrected chi connectivity index (χ3v) is 3.18. The minimum atomic E-state index is 0.518. The quantitative estimate of drug-likeness (QED) is 0.769. The summed E-state index contributed by atoms with van der Waals surface area (Å²) in [5.41, 5.74) is 3.38. The standard InChI is InChI=1S/C17H18ClNO/c1-3-9-20-16-6-4-5-14(10-16)12-19-17-11-15(18)8-7-13(17)2/h3-8,10-11,19H,1,9,12H2,2H3. The van der Waals surface area contributed by atoms with E-state index in [1.54, 1.807) is 6.08 Å². The molecule has 0 aromatic heterocycles. The predicted octanol–water partition coefficient (Wildman–Crippen LogP) is 4.83. The molecule has 0 aliphatic heterocycles. The summed E-state index contributed by atoms with van der Waals surface area (Å²) < 4.78 is 5.52. The first-order valence-corrected chi connectivity index (χ1v) is 6.89. The number of benzene rings is 2. The third kappa shape index (κ3) is 4.04. The molecule has 0 aliphatic rings. The van der Waals surface area contributed by atoms with Crippen molar-refractivity contribution in [1.82, 2.24) is 0 Å². The van der Waals surface area contributed by atoms with E-state index in [9.17, 15) is 0 Å². The van der Waals surface area contributed by atoms with Gasteiger partial charge < -0.3 is 10.1 Å². The van der Waals surface area contributed by atoms with E-state index in [1.807, 2.05) is 36.4 Å². The molecule has 1 N–H and O–H groups in total. The highest BCUT2D eigenvalue weighted by Crippen LogP contribution is 2.21. The molecular formula is C17H18ClNO. The SMILES string of the molecule is C=CCOc1cccc(CNc2cc(Cl)ccc2C)c1. The maximum absolute atomic E-state index is 6.01. The second-order valence-corrected chi connectivity index (χ2v) is 5.00. The van der Waals surface area contributed by atoms with Crippen LogP contribution in [0.2, 0.25) is 5.02 Å². The summed E-state index contributed by atoms with van der Waals surface area (Å²) in [6, 6.07) is 13.9. The van der Waals surface area contributed by atoms with Crippen LogP contribution < -0.4 is 10.1 Å². The zero-order valence-electron chi connectivity index (χ0n) is 11.5. The summed E-state index contributed by atoms with van der Waals surface area (Å²) in [6.07, 6.45) is 1.74. The van der Waals surface area contributed by atoms with Gasteiger partial charge in [-0.05, 0) is 42.3 Å². The van der Waals surface area contributed by atoms with E-state index in [0.29, 0.717) is 6.61 Å². The Balaban J connectivity index is 2.03. The number of hydrogen-bond acceptors (Lipinski definition) is 2. The van der Waals surface area contributed by atoms with Crippen LogP contribution in [-0.4, -0.2) is 6.61 Å². The van der Waals surface area contributed by atoms with E-state index in [-0.39, 0.29) is 0 Å². The van der Waals surface area contributed by atoms with Crippen LogP contribution in [-0.2, 0) is 6.54 Å². The van der Waals surface area contributed by atoms with E-state index in [1.165, 1.54) is 5.56 Å². The Morgan fingerprint density at radius 3 is 2.90 bits per heavy atom. The Morgan fingerprint density at radius 2 is 2.10 bits per heavy atom. The van der Waals surface area contributed by atoms with Crippen molar-refractivity contribution in [3.63, 3.8) is 0 Å². The van der Waals surface area contributed by atoms with Gasteiger partial charge in [-0.25, -0.2) is 0 Å². The highest BCUT2D eigenvalue weighted by atomic mass is 35.5. The Bertz CT molecular complexity index is 595. The lowest BCUT2D eigenvalue weighted by molar-refractivity contribution is 0.363. The second kappa shape index (κ2) is 7.01. The number of halogens is 1. The summed E-state index contributed by atoms with van der Waals surface area (Å²) in [7, 11) is 0. The minimum absolute atomic E-state index is 0.518. The van der Waals surface area contributed by atoms with Gasteiger partial charge in [-0.3, -0.25) is 0 Å².